The van der Waals surface area contributed by atoms with Gasteiger partial charge in [0.05, 0.1) is 54.3 Å². The van der Waals surface area contributed by atoms with Gasteiger partial charge in [-0.1, -0.05) is 0 Å². The van der Waals surface area contributed by atoms with E-state index in [1.807, 2.05) is 0 Å². The van der Waals surface area contributed by atoms with Gasteiger partial charge in [0.25, 0.3) is 5.92 Å². The van der Waals surface area contributed by atoms with Crippen LogP contribution in [0.3, 0.4) is 0 Å². The summed E-state index contributed by atoms with van der Waals surface area (Å²) in [6.07, 6.45) is -2.97. The highest BCUT2D eigenvalue weighted by Crippen LogP contribution is 2.63. The maximum atomic E-state index is 15.0. The molecule has 1 aliphatic carbocycles. The summed E-state index contributed by atoms with van der Waals surface area (Å²) in [5.74, 6) is -3.55. The molecular weight excluding hydrogens is 535 g/mol. The minimum Gasteiger partial charge on any atom is -0.382 e. The number of nitrogens with two attached hydrogens (primary N) is 1. The molecule has 3 atom stereocenters. The zero-order chi connectivity index (χ0) is 28.0. The summed E-state index contributed by atoms with van der Waals surface area (Å²) in [5, 5.41) is 7.15. The standard InChI is InChI=1S/C26H27F5N8O/c1-13-24(8-14(24)9-26(29,30)31)21-18(33-13)3-2-17(34-21)16-4-7-39-20(16)22(32)36-23(37-39)35-19-5-6-38(12-25(19,27)28)15-10-40-11-15/h2-4,7,14-15,19H,5-6,8-12H2,1H3,(H3,32,35,36,37)/t14?,19-,24?/m1/s1. The highest BCUT2D eigenvalue weighted by atomic mass is 19.4. The van der Waals surface area contributed by atoms with E-state index in [9.17, 15) is 22.0 Å². The fourth-order valence-corrected chi connectivity index (χ4v) is 6.43. The van der Waals surface area contributed by atoms with Crippen molar-refractivity contribution >= 4 is 28.7 Å². The first kappa shape index (κ1) is 25.6. The Bertz CT molecular complexity index is 1530. The predicted molar refractivity (Wildman–Crippen MR) is 137 cm³/mol. The van der Waals surface area contributed by atoms with E-state index < -0.39 is 35.9 Å². The molecule has 9 nitrogen and oxygen atoms in total. The van der Waals surface area contributed by atoms with Gasteiger partial charge in [-0.15, -0.1) is 5.10 Å². The summed E-state index contributed by atoms with van der Waals surface area (Å²) in [5.41, 5.74) is 8.75. The number of aromatic nitrogens is 4. The first-order chi connectivity index (χ1) is 18.9. The van der Waals surface area contributed by atoms with Crippen molar-refractivity contribution in [1.29, 1.82) is 0 Å². The molecule has 1 saturated carbocycles. The molecule has 3 aromatic heterocycles. The molecule has 0 aromatic carbocycles. The fraction of sp³-hybridized carbons (Fsp3) is 0.538. The Hall–Kier alpha value is -3.39. The van der Waals surface area contributed by atoms with E-state index in [4.69, 9.17) is 15.5 Å². The lowest BCUT2D eigenvalue weighted by molar-refractivity contribution is -0.138. The van der Waals surface area contributed by atoms with Crippen molar-refractivity contribution in [1.82, 2.24) is 24.5 Å². The predicted octanol–water partition coefficient (Wildman–Crippen LogP) is 4.21. The molecule has 3 aliphatic heterocycles. The number of piperidine rings is 1. The third-order valence-electron chi connectivity index (χ3n) is 8.70. The summed E-state index contributed by atoms with van der Waals surface area (Å²) in [7, 11) is 0. The fourth-order valence-electron chi connectivity index (χ4n) is 6.43. The average molecular weight is 563 g/mol. The highest BCUT2D eigenvalue weighted by molar-refractivity contribution is 6.03. The van der Waals surface area contributed by atoms with Crippen molar-refractivity contribution in [2.24, 2.45) is 10.9 Å². The Labute approximate surface area is 225 Å². The van der Waals surface area contributed by atoms with Crippen LogP contribution in [0.5, 0.6) is 0 Å². The number of hydrogen-bond acceptors (Lipinski definition) is 8. The zero-order valence-electron chi connectivity index (χ0n) is 21.5. The highest BCUT2D eigenvalue weighted by Gasteiger charge is 2.64. The molecule has 2 saturated heterocycles. The topological polar surface area (TPSA) is 106 Å². The SMILES string of the molecule is CC1=Nc2ccc(-c3ccn4nc(N[C@@H]5CCN(C6COC6)CC5(F)F)nc(N)c34)nc2C12CC2CC(F)(F)F. The van der Waals surface area contributed by atoms with Gasteiger partial charge in [-0.3, -0.25) is 9.89 Å². The van der Waals surface area contributed by atoms with Crippen LogP contribution in [0.2, 0.25) is 0 Å². The van der Waals surface area contributed by atoms with Crippen molar-refractivity contribution in [2.75, 3.05) is 37.4 Å². The van der Waals surface area contributed by atoms with Crippen molar-refractivity contribution in [3.8, 4) is 11.3 Å². The minimum atomic E-state index is -4.27. The third-order valence-corrected chi connectivity index (χ3v) is 8.70. The van der Waals surface area contributed by atoms with Crippen LogP contribution in [0.1, 0.15) is 31.9 Å². The van der Waals surface area contributed by atoms with Gasteiger partial charge >= 0.3 is 6.18 Å². The van der Waals surface area contributed by atoms with Crippen LogP contribution in [0.4, 0.5) is 39.4 Å². The Morgan fingerprint density at radius 1 is 1.18 bits per heavy atom. The maximum absolute atomic E-state index is 15.0. The van der Waals surface area contributed by atoms with Crippen molar-refractivity contribution in [2.45, 2.75) is 55.8 Å². The molecule has 0 amide bonds. The van der Waals surface area contributed by atoms with Crippen LogP contribution < -0.4 is 11.1 Å². The monoisotopic (exact) mass is 562 g/mol. The number of nitrogens with zero attached hydrogens (tertiary/aromatic N) is 6. The van der Waals surface area contributed by atoms with Crippen LogP contribution in [0.15, 0.2) is 29.4 Å². The summed E-state index contributed by atoms with van der Waals surface area (Å²) in [6, 6.07) is 4.08. The molecule has 0 bridgehead atoms. The second kappa shape index (κ2) is 8.56. The molecular formula is C26H27F5N8O. The van der Waals surface area contributed by atoms with E-state index in [2.05, 4.69) is 20.4 Å². The van der Waals surface area contributed by atoms with Gasteiger partial charge in [0.2, 0.25) is 5.95 Å². The van der Waals surface area contributed by atoms with Crippen molar-refractivity contribution < 1.29 is 26.7 Å². The summed E-state index contributed by atoms with van der Waals surface area (Å²) in [6.45, 7) is 2.83. The molecule has 3 fully saturated rings. The number of anilines is 2. The normalized spacial score (nSPS) is 28.0. The molecule has 2 unspecified atom stereocenters. The van der Waals surface area contributed by atoms with Gasteiger partial charge in [0, 0.05) is 30.4 Å². The van der Waals surface area contributed by atoms with Crippen molar-refractivity contribution in [3.05, 3.63) is 30.1 Å². The second-order valence-corrected chi connectivity index (χ2v) is 11.2. The molecule has 40 heavy (non-hydrogen) atoms. The first-order valence-corrected chi connectivity index (χ1v) is 13.2. The molecule has 3 aromatic rings. The number of alkyl halides is 5. The number of ether oxygens (including phenoxy) is 1. The zero-order valence-corrected chi connectivity index (χ0v) is 21.5. The van der Waals surface area contributed by atoms with Crippen LogP contribution in [-0.2, 0) is 10.2 Å². The number of pyridine rings is 1. The van der Waals surface area contributed by atoms with Gasteiger partial charge < -0.3 is 15.8 Å². The lowest BCUT2D eigenvalue weighted by Crippen LogP contribution is -2.61. The molecule has 14 heteroatoms. The quantitative estimate of drug-likeness (QED) is 0.449. The summed E-state index contributed by atoms with van der Waals surface area (Å²) >= 11 is 0. The Kier molecular flexibility index (Phi) is 5.47. The van der Waals surface area contributed by atoms with Gasteiger partial charge in [-0.05, 0) is 43.9 Å². The number of rotatable bonds is 5. The number of nitrogen functional groups attached to an aromatic ring is 1. The van der Waals surface area contributed by atoms with E-state index >= 15 is 0 Å². The molecule has 6 heterocycles. The molecule has 4 aliphatic rings. The molecule has 7 rings (SSSR count). The summed E-state index contributed by atoms with van der Waals surface area (Å²) < 4.78 is 76.0. The van der Waals surface area contributed by atoms with Crippen LogP contribution in [0, 0.1) is 5.92 Å². The smallest absolute Gasteiger partial charge is 0.382 e. The third kappa shape index (κ3) is 4.02. The number of aliphatic imine (C=N–C) groups is 1. The van der Waals surface area contributed by atoms with E-state index in [0.717, 1.165) is 0 Å². The lowest BCUT2D eigenvalue weighted by atomic mass is 9.93. The first-order valence-electron chi connectivity index (χ1n) is 13.2. The van der Waals surface area contributed by atoms with Gasteiger partial charge in [-0.2, -0.15) is 18.2 Å². The van der Waals surface area contributed by atoms with E-state index in [1.54, 1.807) is 36.2 Å². The Morgan fingerprint density at radius 3 is 2.67 bits per heavy atom. The molecule has 212 valence electrons. The van der Waals surface area contributed by atoms with Crippen molar-refractivity contribution in [3.63, 3.8) is 0 Å². The minimum absolute atomic E-state index is 0.0184. The molecule has 0 radical (unpaired) electrons. The van der Waals surface area contributed by atoms with Crippen LogP contribution in [-0.4, -0.2) is 80.7 Å². The number of hydrogen-bond donors (Lipinski definition) is 2. The van der Waals surface area contributed by atoms with E-state index in [-0.39, 0.29) is 30.8 Å². The Balaban J connectivity index is 1.15. The number of fused-ring (bicyclic) bond motifs is 3. The number of nitrogens with one attached hydrogen (secondary N) is 1. The number of halogens is 5. The van der Waals surface area contributed by atoms with Gasteiger partial charge in [-0.25, -0.2) is 18.3 Å². The van der Waals surface area contributed by atoms with E-state index in [0.29, 0.717) is 60.0 Å². The van der Waals surface area contributed by atoms with Gasteiger partial charge in [0.15, 0.2) is 5.82 Å². The van der Waals surface area contributed by atoms with Gasteiger partial charge in [0.1, 0.15) is 5.52 Å². The lowest BCUT2D eigenvalue weighted by Gasteiger charge is -2.44. The largest absolute Gasteiger partial charge is 0.389 e. The average Bonchev–Trinajstić information content (AvgIpc) is 3.23. The Morgan fingerprint density at radius 2 is 1.98 bits per heavy atom. The van der Waals surface area contributed by atoms with E-state index in [1.165, 1.54) is 4.52 Å². The van der Waals surface area contributed by atoms with Crippen LogP contribution in [0.25, 0.3) is 16.8 Å². The second-order valence-electron chi connectivity index (χ2n) is 11.2. The number of likely N-dealkylation sites (tertiary alicyclic amines) is 1. The molecule has 1 spiro atoms. The van der Waals surface area contributed by atoms with Crippen LogP contribution >= 0.6 is 0 Å². The maximum Gasteiger partial charge on any atom is 0.389 e. The molecule has 3 N–H and O–H groups in total. The summed E-state index contributed by atoms with van der Waals surface area (Å²) in [4.78, 5) is 15.3.